The number of ether oxygens (including phenoxy) is 1. The Kier molecular flexibility index (Phi) is 5.95. The molecule has 2 heterocycles. The maximum absolute atomic E-state index is 12.1. The van der Waals surface area contributed by atoms with Gasteiger partial charge in [0.05, 0.1) is 11.3 Å². The second-order valence-electron chi connectivity index (χ2n) is 5.61. The number of carbonyl (C=O) groups is 1. The van der Waals surface area contributed by atoms with Crippen LogP contribution in [0.4, 0.5) is 0 Å². The van der Waals surface area contributed by atoms with E-state index in [4.69, 9.17) is 4.74 Å². The van der Waals surface area contributed by atoms with E-state index in [0.29, 0.717) is 18.7 Å². The summed E-state index contributed by atoms with van der Waals surface area (Å²) in [6.45, 7) is 1.08. The van der Waals surface area contributed by atoms with Crippen molar-refractivity contribution in [1.82, 2.24) is 14.3 Å². The number of rotatable bonds is 5. The molecule has 0 bridgehead atoms. The van der Waals surface area contributed by atoms with Crippen LogP contribution in [0.5, 0.6) is 0 Å². The van der Waals surface area contributed by atoms with Crippen LogP contribution in [0.1, 0.15) is 10.4 Å². The molecule has 6 heteroatoms. The number of hydrogen-bond donors (Lipinski definition) is 0. The molecule has 0 atom stereocenters. The van der Waals surface area contributed by atoms with Crippen LogP contribution in [0.25, 0.3) is 16.9 Å². The molecule has 0 aliphatic carbocycles. The van der Waals surface area contributed by atoms with Gasteiger partial charge in [0.2, 0.25) is 0 Å². The van der Waals surface area contributed by atoms with Gasteiger partial charge in [-0.1, -0.05) is 30.3 Å². The van der Waals surface area contributed by atoms with E-state index in [1.807, 2.05) is 66.1 Å². The molecule has 2 aromatic heterocycles. The van der Waals surface area contributed by atoms with Crippen molar-refractivity contribution in [3.63, 3.8) is 0 Å². The molecule has 3 aromatic rings. The number of esters is 1. The van der Waals surface area contributed by atoms with Gasteiger partial charge in [-0.3, -0.25) is 0 Å². The molecular weight excluding hydrogens is 326 g/mol. The van der Waals surface area contributed by atoms with Crippen LogP contribution >= 0.6 is 12.4 Å². The van der Waals surface area contributed by atoms with Gasteiger partial charge in [0, 0.05) is 24.5 Å². The Hall–Kier alpha value is -2.37. The van der Waals surface area contributed by atoms with Crippen molar-refractivity contribution in [3.05, 3.63) is 60.4 Å². The fraction of sp³-hybridized carbons (Fsp3) is 0.222. The van der Waals surface area contributed by atoms with Crippen molar-refractivity contribution in [2.75, 3.05) is 27.2 Å². The van der Waals surface area contributed by atoms with Crippen molar-refractivity contribution in [2.24, 2.45) is 0 Å². The summed E-state index contributed by atoms with van der Waals surface area (Å²) in [6, 6.07) is 13.5. The lowest BCUT2D eigenvalue weighted by molar-refractivity contribution is 0.0482. The van der Waals surface area contributed by atoms with Gasteiger partial charge in [-0.2, -0.15) is 0 Å². The first-order valence-corrected chi connectivity index (χ1v) is 7.49. The fourth-order valence-electron chi connectivity index (χ4n) is 2.26. The van der Waals surface area contributed by atoms with Gasteiger partial charge in [0.25, 0.3) is 0 Å². The summed E-state index contributed by atoms with van der Waals surface area (Å²) in [4.78, 5) is 18.6. The second-order valence-corrected chi connectivity index (χ2v) is 5.61. The van der Waals surface area contributed by atoms with E-state index in [2.05, 4.69) is 4.98 Å². The predicted molar refractivity (Wildman–Crippen MR) is 96.7 cm³/mol. The number of pyridine rings is 1. The van der Waals surface area contributed by atoms with E-state index >= 15 is 0 Å². The van der Waals surface area contributed by atoms with Crippen LogP contribution in [0.3, 0.4) is 0 Å². The zero-order valence-electron chi connectivity index (χ0n) is 13.7. The molecule has 0 saturated heterocycles. The number of likely N-dealkylation sites (N-methyl/N-ethyl adjacent to an activating group) is 1. The Balaban J connectivity index is 0.00000208. The van der Waals surface area contributed by atoms with Gasteiger partial charge < -0.3 is 14.0 Å². The minimum absolute atomic E-state index is 0. The second kappa shape index (κ2) is 7.95. The third-order valence-corrected chi connectivity index (χ3v) is 3.54. The highest BCUT2D eigenvalue weighted by Gasteiger charge is 2.10. The molecule has 0 amide bonds. The Morgan fingerprint density at radius 3 is 2.67 bits per heavy atom. The first-order valence-electron chi connectivity index (χ1n) is 7.49. The minimum atomic E-state index is -0.321. The number of benzene rings is 1. The first kappa shape index (κ1) is 18.0. The Bertz CT molecular complexity index is 816. The molecule has 0 spiro atoms. The number of imidazole rings is 1. The molecule has 0 aliphatic heterocycles. The fourth-order valence-corrected chi connectivity index (χ4v) is 2.26. The number of aromatic nitrogens is 2. The van der Waals surface area contributed by atoms with E-state index in [0.717, 1.165) is 16.9 Å². The summed E-state index contributed by atoms with van der Waals surface area (Å²) in [7, 11) is 3.88. The highest BCUT2D eigenvalue weighted by molar-refractivity contribution is 5.90. The molecule has 5 nitrogen and oxygen atoms in total. The van der Waals surface area contributed by atoms with E-state index in [1.165, 1.54) is 0 Å². The van der Waals surface area contributed by atoms with Crippen molar-refractivity contribution in [2.45, 2.75) is 0 Å². The smallest absolute Gasteiger partial charge is 0.338 e. The zero-order valence-corrected chi connectivity index (χ0v) is 14.5. The number of fused-ring (bicyclic) bond motifs is 1. The molecule has 24 heavy (non-hydrogen) atoms. The molecule has 126 valence electrons. The summed E-state index contributed by atoms with van der Waals surface area (Å²) in [6.07, 6.45) is 3.78. The average Bonchev–Trinajstić information content (AvgIpc) is 2.98. The van der Waals surface area contributed by atoms with Crippen LogP contribution in [0.2, 0.25) is 0 Å². The van der Waals surface area contributed by atoms with E-state index in [-0.39, 0.29) is 18.4 Å². The van der Waals surface area contributed by atoms with Crippen LogP contribution < -0.4 is 0 Å². The summed E-state index contributed by atoms with van der Waals surface area (Å²) >= 11 is 0. The molecule has 0 saturated carbocycles. The van der Waals surface area contributed by atoms with Crippen molar-refractivity contribution >= 4 is 24.0 Å². The molecule has 0 unspecified atom stereocenters. The molecule has 0 aliphatic rings. The van der Waals surface area contributed by atoms with Crippen molar-refractivity contribution < 1.29 is 9.53 Å². The van der Waals surface area contributed by atoms with E-state index in [1.54, 1.807) is 12.1 Å². The average molecular weight is 346 g/mol. The molecule has 0 fully saturated rings. The molecule has 3 rings (SSSR count). The number of halogens is 1. The van der Waals surface area contributed by atoms with Gasteiger partial charge in [0.15, 0.2) is 0 Å². The Labute approximate surface area is 147 Å². The number of hydrogen-bond acceptors (Lipinski definition) is 4. The molecule has 0 N–H and O–H groups in total. The maximum Gasteiger partial charge on any atom is 0.338 e. The quantitative estimate of drug-likeness (QED) is 0.666. The number of nitrogens with zero attached hydrogens (tertiary/aromatic N) is 3. The topological polar surface area (TPSA) is 46.8 Å². The highest BCUT2D eigenvalue weighted by Crippen LogP contribution is 2.19. The van der Waals surface area contributed by atoms with Crippen molar-refractivity contribution in [3.8, 4) is 11.3 Å². The predicted octanol–water partition coefficient (Wildman–Crippen LogP) is 3.14. The maximum atomic E-state index is 12.1. The summed E-state index contributed by atoms with van der Waals surface area (Å²) in [5.74, 6) is -0.321. The standard InChI is InChI=1S/C18H19N3O2.ClH/c1-20(2)10-11-23-18(22)15-8-9-21-13-16(19-17(21)12-15)14-6-4-3-5-7-14;/h3-9,12-13H,10-11H2,1-2H3;1H. The lowest BCUT2D eigenvalue weighted by Crippen LogP contribution is -2.20. The van der Waals surface area contributed by atoms with Crippen LogP contribution in [0, 0.1) is 0 Å². The lowest BCUT2D eigenvalue weighted by atomic mass is 10.2. The minimum Gasteiger partial charge on any atom is -0.461 e. The Morgan fingerprint density at radius 2 is 1.96 bits per heavy atom. The number of carbonyl (C=O) groups excluding carboxylic acids is 1. The zero-order chi connectivity index (χ0) is 16.2. The van der Waals surface area contributed by atoms with Crippen LogP contribution in [-0.2, 0) is 4.74 Å². The summed E-state index contributed by atoms with van der Waals surface area (Å²) in [5, 5.41) is 0. The molecular formula is C18H20ClN3O2. The molecule has 1 aromatic carbocycles. The van der Waals surface area contributed by atoms with Crippen LogP contribution in [0.15, 0.2) is 54.9 Å². The Morgan fingerprint density at radius 1 is 1.21 bits per heavy atom. The van der Waals surface area contributed by atoms with Gasteiger partial charge >= 0.3 is 5.97 Å². The third-order valence-electron chi connectivity index (χ3n) is 3.54. The third kappa shape index (κ3) is 4.13. The molecule has 0 radical (unpaired) electrons. The van der Waals surface area contributed by atoms with E-state index < -0.39 is 0 Å². The van der Waals surface area contributed by atoms with Gasteiger partial charge in [0.1, 0.15) is 12.3 Å². The van der Waals surface area contributed by atoms with Gasteiger partial charge in [-0.05, 0) is 26.2 Å². The van der Waals surface area contributed by atoms with Crippen molar-refractivity contribution in [1.29, 1.82) is 0 Å². The monoisotopic (exact) mass is 345 g/mol. The summed E-state index contributed by atoms with van der Waals surface area (Å²) < 4.78 is 7.16. The largest absolute Gasteiger partial charge is 0.461 e. The first-order chi connectivity index (χ1) is 11.1. The van der Waals surface area contributed by atoms with Gasteiger partial charge in [-0.25, -0.2) is 9.78 Å². The van der Waals surface area contributed by atoms with Gasteiger partial charge in [-0.15, -0.1) is 12.4 Å². The lowest BCUT2D eigenvalue weighted by Gasteiger charge is -2.09. The summed E-state index contributed by atoms with van der Waals surface area (Å²) in [5.41, 5.74) is 3.17. The normalized spacial score (nSPS) is 10.6. The highest BCUT2D eigenvalue weighted by atomic mass is 35.5. The van der Waals surface area contributed by atoms with Crippen LogP contribution in [-0.4, -0.2) is 47.5 Å². The van der Waals surface area contributed by atoms with E-state index in [9.17, 15) is 4.79 Å². The SMILES string of the molecule is CN(C)CCOC(=O)c1ccn2cc(-c3ccccc3)nc2c1.Cl.